The van der Waals surface area contributed by atoms with E-state index in [0.717, 1.165) is 68.1 Å². The van der Waals surface area contributed by atoms with E-state index in [0.29, 0.717) is 25.4 Å². The van der Waals surface area contributed by atoms with Gasteiger partial charge in [-0.2, -0.15) is 0 Å². The van der Waals surface area contributed by atoms with Crippen molar-refractivity contribution in [3.8, 4) is 0 Å². The van der Waals surface area contributed by atoms with E-state index in [2.05, 4.69) is 12.1 Å². The van der Waals surface area contributed by atoms with Crippen molar-refractivity contribution in [2.24, 2.45) is 5.92 Å². The molecule has 0 atom stereocenters. The summed E-state index contributed by atoms with van der Waals surface area (Å²) in [5, 5.41) is 1.09. The monoisotopic (exact) mass is 380 g/mol. The lowest BCUT2D eigenvalue weighted by Gasteiger charge is -2.33. The van der Waals surface area contributed by atoms with Gasteiger partial charge in [-0.3, -0.25) is 9.59 Å². The van der Waals surface area contributed by atoms with E-state index in [-0.39, 0.29) is 11.8 Å². The molecule has 1 aromatic carbocycles. The normalized spacial score (nSPS) is 20.1. The molecule has 28 heavy (non-hydrogen) atoms. The molecule has 3 heterocycles. The number of carbonyl (C=O) groups is 2. The number of likely N-dealkylation sites (tertiary alicyclic amines) is 2. The maximum absolute atomic E-state index is 12.9. The molecule has 148 valence electrons. The van der Waals surface area contributed by atoms with Crippen molar-refractivity contribution >= 4 is 22.8 Å². The summed E-state index contributed by atoms with van der Waals surface area (Å²) in [6.45, 7) is 3.20. The molecule has 2 aliphatic heterocycles. The van der Waals surface area contributed by atoms with Gasteiger partial charge in [-0.1, -0.05) is 0 Å². The van der Waals surface area contributed by atoms with Gasteiger partial charge in [0.15, 0.2) is 0 Å². The Labute approximate surface area is 165 Å². The summed E-state index contributed by atoms with van der Waals surface area (Å²) in [5.74, 6) is 0.550. The molecule has 0 saturated carbocycles. The number of hydrogen-bond donors (Lipinski definition) is 0. The second kappa shape index (κ2) is 7.26. The van der Waals surface area contributed by atoms with E-state index < -0.39 is 0 Å². The first-order valence-corrected chi connectivity index (χ1v) is 10.8. The molecule has 5 nitrogen and oxygen atoms in total. The van der Waals surface area contributed by atoms with E-state index in [1.807, 2.05) is 9.80 Å². The Balaban J connectivity index is 1.22. The summed E-state index contributed by atoms with van der Waals surface area (Å²) in [5.41, 5.74) is 4.69. The summed E-state index contributed by atoms with van der Waals surface area (Å²) in [7, 11) is 0. The van der Waals surface area contributed by atoms with Crippen molar-refractivity contribution in [3.63, 3.8) is 0 Å². The number of aryl methyl sites for hydroxylation is 2. The molecule has 3 aliphatic rings. The van der Waals surface area contributed by atoms with Crippen LogP contribution < -0.4 is 0 Å². The van der Waals surface area contributed by atoms with Crippen molar-refractivity contribution in [1.82, 2.24) is 9.80 Å². The zero-order valence-corrected chi connectivity index (χ0v) is 16.4. The molecule has 5 heteroatoms. The number of furan rings is 1. The standard InChI is InChI=1S/C23H28N2O3/c26-22(24-10-6-16(7-11-24)23(27)25-8-1-2-9-25)14-19-15-28-21-13-18-5-3-4-17(18)12-20(19)21/h12-13,15-16H,1-11,14H2. The average Bonchev–Trinajstić information content (AvgIpc) is 3.47. The number of rotatable bonds is 3. The lowest BCUT2D eigenvalue weighted by molar-refractivity contribution is -0.139. The first kappa shape index (κ1) is 17.8. The second-order valence-corrected chi connectivity index (χ2v) is 8.60. The van der Waals surface area contributed by atoms with Crippen LogP contribution in [0.3, 0.4) is 0 Å². The lowest BCUT2D eigenvalue weighted by Crippen LogP contribution is -2.44. The highest BCUT2D eigenvalue weighted by atomic mass is 16.3. The third-order valence-electron chi connectivity index (χ3n) is 6.82. The highest BCUT2D eigenvalue weighted by Crippen LogP contribution is 2.31. The fourth-order valence-corrected chi connectivity index (χ4v) is 5.13. The zero-order valence-electron chi connectivity index (χ0n) is 16.4. The van der Waals surface area contributed by atoms with E-state index in [4.69, 9.17) is 4.42 Å². The van der Waals surface area contributed by atoms with Gasteiger partial charge in [0.1, 0.15) is 5.58 Å². The topological polar surface area (TPSA) is 53.8 Å². The van der Waals surface area contributed by atoms with Crippen molar-refractivity contribution < 1.29 is 14.0 Å². The highest BCUT2D eigenvalue weighted by Gasteiger charge is 2.31. The molecule has 2 saturated heterocycles. The molecule has 0 bridgehead atoms. The van der Waals surface area contributed by atoms with Crippen molar-refractivity contribution in [2.75, 3.05) is 26.2 Å². The molecule has 2 aromatic rings. The fraction of sp³-hybridized carbons (Fsp3) is 0.565. The van der Waals surface area contributed by atoms with Crippen LogP contribution in [0, 0.1) is 5.92 Å². The summed E-state index contributed by atoms with van der Waals surface area (Å²) < 4.78 is 5.75. The Morgan fingerprint density at radius 2 is 1.64 bits per heavy atom. The van der Waals surface area contributed by atoms with Gasteiger partial charge in [-0.25, -0.2) is 0 Å². The predicted molar refractivity (Wildman–Crippen MR) is 107 cm³/mol. The van der Waals surface area contributed by atoms with E-state index in [1.165, 1.54) is 17.5 Å². The molecule has 1 aliphatic carbocycles. The van der Waals surface area contributed by atoms with Gasteiger partial charge >= 0.3 is 0 Å². The number of nitrogens with zero attached hydrogens (tertiary/aromatic N) is 2. The van der Waals surface area contributed by atoms with Gasteiger partial charge in [0.25, 0.3) is 0 Å². The van der Waals surface area contributed by atoms with Crippen LogP contribution in [0.25, 0.3) is 11.0 Å². The van der Waals surface area contributed by atoms with Crippen LogP contribution >= 0.6 is 0 Å². The number of piperidine rings is 1. The smallest absolute Gasteiger partial charge is 0.227 e. The minimum atomic E-state index is 0.0968. The molecule has 0 N–H and O–H groups in total. The Kier molecular flexibility index (Phi) is 4.61. The lowest BCUT2D eigenvalue weighted by atomic mass is 9.95. The summed E-state index contributed by atoms with van der Waals surface area (Å²) in [4.78, 5) is 29.4. The molecule has 2 amide bonds. The minimum absolute atomic E-state index is 0.0968. The average molecular weight is 380 g/mol. The van der Waals surface area contributed by atoms with Crippen molar-refractivity contribution in [3.05, 3.63) is 35.1 Å². The number of amides is 2. The molecule has 0 spiro atoms. The molecule has 0 unspecified atom stereocenters. The van der Waals surface area contributed by atoms with Crippen molar-refractivity contribution in [2.45, 2.75) is 51.4 Å². The summed E-state index contributed by atoms with van der Waals surface area (Å²) in [6, 6.07) is 4.38. The van der Waals surface area contributed by atoms with Gasteiger partial charge in [0.05, 0.1) is 12.7 Å². The summed E-state index contributed by atoms with van der Waals surface area (Å²) in [6.07, 6.45) is 9.45. The van der Waals surface area contributed by atoms with Gasteiger partial charge in [-0.15, -0.1) is 0 Å². The SMILES string of the molecule is O=C(Cc1coc2cc3c(cc12)CCC3)N1CCC(C(=O)N2CCCC2)CC1. The second-order valence-electron chi connectivity index (χ2n) is 8.60. The Bertz CT molecular complexity index is 902. The van der Waals surface area contributed by atoms with Crippen LogP contribution in [0.2, 0.25) is 0 Å². The van der Waals surface area contributed by atoms with E-state index in [9.17, 15) is 9.59 Å². The van der Waals surface area contributed by atoms with Crippen LogP contribution in [0.5, 0.6) is 0 Å². The Morgan fingerprint density at radius 3 is 2.39 bits per heavy atom. The van der Waals surface area contributed by atoms with Crippen molar-refractivity contribution in [1.29, 1.82) is 0 Å². The molecular formula is C23H28N2O3. The van der Waals surface area contributed by atoms with Crippen LogP contribution in [-0.2, 0) is 28.9 Å². The zero-order chi connectivity index (χ0) is 19.1. The minimum Gasteiger partial charge on any atom is -0.464 e. The van der Waals surface area contributed by atoms with E-state index >= 15 is 0 Å². The first-order chi connectivity index (χ1) is 13.7. The van der Waals surface area contributed by atoms with Gasteiger partial charge < -0.3 is 14.2 Å². The molecule has 0 radical (unpaired) electrons. The van der Waals surface area contributed by atoms with Gasteiger partial charge in [0, 0.05) is 43.0 Å². The number of hydrogen-bond acceptors (Lipinski definition) is 3. The third kappa shape index (κ3) is 3.21. The number of benzene rings is 1. The number of fused-ring (bicyclic) bond motifs is 2. The van der Waals surface area contributed by atoms with Gasteiger partial charge in [-0.05, 0) is 68.2 Å². The highest BCUT2D eigenvalue weighted by molar-refractivity contribution is 5.89. The molecular weight excluding hydrogens is 352 g/mol. The third-order valence-corrected chi connectivity index (χ3v) is 6.82. The maximum atomic E-state index is 12.9. The molecule has 1 aromatic heterocycles. The van der Waals surface area contributed by atoms with Crippen LogP contribution in [0.15, 0.2) is 22.8 Å². The first-order valence-electron chi connectivity index (χ1n) is 10.8. The predicted octanol–water partition coefficient (Wildman–Crippen LogP) is 3.33. The van der Waals surface area contributed by atoms with Crippen LogP contribution in [-0.4, -0.2) is 47.8 Å². The summed E-state index contributed by atoms with van der Waals surface area (Å²) >= 11 is 0. The Morgan fingerprint density at radius 1 is 0.929 bits per heavy atom. The maximum Gasteiger partial charge on any atom is 0.227 e. The Hall–Kier alpha value is -2.30. The van der Waals surface area contributed by atoms with Gasteiger partial charge in [0.2, 0.25) is 11.8 Å². The quantitative estimate of drug-likeness (QED) is 0.821. The van der Waals surface area contributed by atoms with E-state index in [1.54, 1.807) is 6.26 Å². The molecule has 2 fully saturated rings. The molecule has 5 rings (SSSR count). The fourth-order valence-electron chi connectivity index (χ4n) is 5.13. The van der Waals surface area contributed by atoms with Crippen LogP contribution in [0.1, 0.15) is 48.8 Å². The van der Waals surface area contributed by atoms with Crippen LogP contribution in [0.4, 0.5) is 0 Å². The number of carbonyl (C=O) groups excluding carboxylic acids is 2. The largest absolute Gasteiger partial charge is 0.464 e.